The number of aryl methyl sites for hydroxylation is 1. The fourth-order valence-corrected chi connectivity index (χ4v) is 1.41. The predicted molar refractivity (Wildman–Crippen MR) is 66.6 cm³/mol. The summed E-state index contributed by atoms with van der Waals surface area (Å²) in [6.45, 7) is 6.68. The van der Waals surface area contributed by atoms with Crippen LogP contribution in [0.2, 0.25) is 0 Å². The molecule has 5 heteroatoms. The van der Waals surface area contributed by atoms with Gasteiger partial charge in [-0.15, -0.1) is 0 Å². The third-order valence-electron chi connectivity index (χ3n) is 2.12. The molecule has 0 spiro atoms. The zero-order valence-corrected chi connectivity index (χ0v) is 10.3. The van der Waals surface area contributed by atoms with Crippen LogP contribution in [0.15, 0.2) is 17.4 Å². The van der Waals surface area contributed by atoms with Gasteiger partial charge in [0.05, 0.1) is 6.20 Å². The highest BCUT2D eigenvalue weighted by Gasteiger charge is 1.97. The minimum atomic E-state index is 0.779. The lowest BCUT2D eigenvalue weighted by Crippen LogP contribution is -2.37. The number of hydrogen-bond donors (Lipinski definition) is 2. The number of guanidine groups is 1. The van der Waals surface area contributed by atoms with Gasteiger partial charge in [0.2, 0.25) is 0 Å². The maximum Gasteiger partial charge on any atom is 0.191 e. The Morgan fingerprint density at radius 3 is 2.56 bits per heavy atom. The quantitative estimate of drug-likeness (QED) is 0.566. The maximum absolute atomic E-state index is 4.47. The minimum Gasteiger partial charge on any atom is -0.357 e. The molecule has 1 heterocycles. The Bertz CT molecular complexity index is 321. The van der Waals surface area contributed by atoms with Crippen molar-refractivity contribution in [3.8, 4) is 0 Å². The van der Waals surface area contributed by atoms with Gasteiger partial charge in [0.25, 0.3) is 0 Å². The van der Waals surface area contributed by atoms with Crippen LogP contribution < -0.4 is 10.6 Å². The molecular formula is C11H21N5. The van der Waals surface area contributed by atoms with Gasteiger partial charge in [-0.2, -0.15) is 5.10 Å². The smallest absolute Gasteiger partial charge is 0.191 e. The molecule has 0 atom stereocenters. The normalized spacial score (nSPS) is 9.94. The van der Waals surface area contributed by atoms with Crippen LogP contribution in [0.25, 0.3) is 0 Å². The van der Waals surface area contributed by atoms with E-state index in [0.717, 1.165) is 32.0 Å². The maximum atomic E-state index is 4.47. The highest BCUT2D eigenvalue weighted by Crippen LogP contribution is 1.97. The lowest BCUT2D eigenvalue weighted by Gasteiger charge is -2.08. The molecule has 0 aliphatic rings. The fraction of sp³-hybridized carbons (Fsp3) is 0.636. The van der Waals surface area contributed by atoms with Crippen LogP contribution in [0.5, 0.6) is 0 Å². The standard InChI is InChI=1S/C11H21N5/c1-4-12-11(13-5-2)14-7-6-10-8-15-16(3)9-10/h8-9H,4-7H2,1-3H3,(H2,12,13,14). The monoisotopic (exact) mass is 223 g/mol. The SMILES string of the molecule is CCNC(=NCCc1cnn(C)c1)NCC. The van der Waals surface area contributed by atoms with Crippen LogP contribution in [-0.4, -0.2) is 35.4 Å². The van der Waals surface area contributed by atoms with Gasteiger partial charge < -0.3 is 10.6 Å². The van der Waals surface area contributed by atoms with Crippen LogP contribution >= 0.6 is 0 Å². The van der Waals surface area contributed by atoms with Gasteiger partial charge in [-0.3, -0.25) is 9.67 Å². The zero-order valence-electron chi connectivity index (χ0n) is 10.3. The van der Waals surface area contributed by atoms with E-state index < -0.39 is 0 Å². The molecule has 0 unspecified atom stereocenters. The first kappa shape index (κ1) is 12.5. The topological polar surface area (TPSA) is 54.2 Å². The first-order valence-electron chi connectivity index (χ1n) is 5.76. The largest absolute Gasteiger partial charge is 0.357 e. The summed E-state index contributed by atoms with van der Waals surface area (Å²) < 4.78 is 1.81. The van der Waals surface area contributed by atoms with E-state index in [1.165, 1.54) is 5.56 Å². The molecule has 0 bridgehead atoms. The van der Waals surface area contributed by atoms with E-state index in [-0.39, 0.29) is 0 Å². The van der Waals surface area contributed by atoms with E-state index in [1.54, 1.807) is 0 Å². The van der Waals surface area contributed by atoms with Crippen molar-refractivity contribution in [1.29, 1.82) is 0 Å². The molecule has 1 aromatic heterocycles. The number of rotatable bonds is 5. The molecule has 0 saturated heterocycles. The molecule has 0 aliphatic heterocycles. The van der Waals surface area contributed by atoms with Gasteiger partial charge in [0.1, 0.15) is 0 Å². The Labute approximate surface area is 97.0 Å². The summed E-state index contributed by atoms with van der Waals surface area (Å²) in [6, 6.07) is 0. The lowest BCUT2D eigenvalue weighted by atomic mass is 10.3. The van der Waals surface area contributed by atoms with Crippen LogP contribution in [0, 0.1) is 0 Å². The van der Waals surface area contributed by atoms with E-state index >= 15 is 0 Å². The number of nitrogens with zero attached hydrogens (tertiary/aromatic N) is 3. The third kappa shape index (κ3) is 4.33. The molecule has 0 amide bonds. The third-order valence-corrected chi connectivity index (χ3v) is 2.12. The van der Waals surface area contributed by atoms with E-state index in [9.17, 15) is 0 Å². The number of hydrogen-bond acceptors (Lipinski definition) is 2. The summed E-state index contributed by atoms with van der Waals surface area (Å²) in [5.74, 6) is 0.883. The Balaban J connectivity index is 2.38. The van der Waals surface area contributed by atoms with Gasteiger partial charge in [0.15, 0.2) is 5.96 Å². The molecule has 16 heavy (non-hydrogen) atoms. The molecular weight excluding hydrogens is 202 g/mol. The van der Waals surface area contributed by atoms with Gasteiger partial charge in [-0.05, 0) is 25.8 Å². The predicted octanol–water partition coefficient (Wildman–Crippen LogP) is 0.538. The lowest BCUT2D eigenvalue weighted by molar-refractivity contribution is 0.766. The molecule has 0 saturated carbocycles. The van der Waals surface area contributed by atoms with Crippen molar-refractivity contribution < 1.29 is 0 Å². The first-order valence-corrected chi connectivity index (χ1v) is 5.76. The minimum absolute atomic E-state index is 0.779. The summed E-state index contributed by atoms with van der Waals surface area (Å²) in [6.07, 6.45) is 4.83. The van der Waals surface area contributed by atoms with E-state index in [1.807, 2.05) is 24.1 Å². The van der Waals surface area contributed by atoms with Crippen molar-refractivity contribution in [3.63, 3.8) is 0 Å². The van der Waals surface area contributed by atoms with Crippen LogP contribution in [-0.2, 0) is 13.5 Å². The van der Waals surface area contributed by atoms with Crippen LogP contribution in [0.4, 0.5) is 0 Å². The second kappa shape index (κ2) is 6.87. The molecule has 5 nitrogen and oxygen atoms in total. The molecule has 0 aromatic carbocycles. The Morgan fingerprint density at radius 2 is 2.06 bits per heavy atom. The van der Waals surface area contributed by atoms with Gasteiger partial charge in [-0.25, -0.2) is 0 Å². The highest BCUT2D eigenvalue weighted by atomic mass is 15.2. The Kier molecular flexibility index (Phi) is 5.39. The van der Waals surface area contributed by atoms with Crippen molar-refractivity contribution in [3.05, 3.63) is 18.0 Å². The number of aromatic nitrogens is 2. The van der Waals surface area contributed by atoms with E-state index in [4.69, 9.17) is 0 Å². The van der Waals surface area contributed by atoms with Gasteiger partial charge in [0, 0.05) is 32.9 Å². The molecule has 0 radical (unpaired) electrons. The van der Waals surface area contributed by atoms with Gasteiger partial charge in [-0.1, -0.05) is 0 Å². The molecule has 90 valence electrons. The average Bonchev–Trinajstić information content (AvgIpc) is 2.65. The molecule has 1 rings (SSSR count). The van der Waals surface area contributed by atoms with E-state index in [0.29, 0.717) is 0 Å². The van der Waals surface area contributed by atoms with Crippen molar-refractivity contribution in [1.82, 2.24) is 20.4 Å². The van der Waals surface area contributed by atoms with Crippen LogP contribution in [0.3, 0.4) is 0 Å². The zero-order chi connectivity index (χ0) is 11.8. The Morgan fingerprint density at radius 1 is 1.38 bits per heavy atom. The summed E-state index contributed by atoms with van der Waals surface area (Å²) in [5, 5.41) is 10.5. The Hall–Kier alpha value is -1.52. The van der Waals surface area contributed by atoms with E-state index in [2.05, 4.69) is 34.6 Å². The second-order valence-electron chi connectivity index (χ2n) is 3.56. The van der Waals surface area contributed by atoms with Crippen molar-refractivity contribution in [2.75, 3.05) is 19.6 Å². The van der Waals surface area contributed by atoms with Crippen molar-refractivity contribution in [2.24, 2.45) is 12.0 Å². The summed E-state index contributed by atoms with van der Waals surface area (Å²) in [4.78, 5) is 4.47. The average molecular weight is 223 g/mol. The van der Waals surface area contributed by atoms with Crippen molar-refractivity contribution in [2.45, 2.75) is 20.3 Å². The highest BCUT2D eigenvalue weighted by molar-refractivity contribution is 5.79. The summed E-state index contributed by atoms with van der Waals surface area (Å²) in [5.41, 5.74) is 1.22. The fourth-order valence-electron chi connectivity index (χ4n) is 1.41. The number of nitrogens with one attached hydrogen (secondary N) is 2. The van der Waals surface area contributed by atoms with Gasteiger partial charge >= 0.3 is 0 Å². The van der Waals surface area contributed by atoms with Crippen molar-refractivity contribution >= 4 is 5.96 Å². The second-order valence-corrected chi connectivity index (χ2v) is 3.56. The van der Waals surface area contributed by atoms with Crippen LogP contribution in [0.1, 0.15) is 19.4 Å². The molecule has 2 N–H and O–H groups in total. The molecule has 0 fully saturated rings. The summed E-state index contributed by atoms with van der Waals surface area (Å²) >= 11 is 0. The molecule has 0 aliphatic carbocycles. The number of aliphatic imine (C=N–C) groups is 1. The first-order chi connectivity index (χ1) is 7.76. The molecule has 1 aromatic rings. The summed E-state index contributed by atoms with van der Waals surface area (Å²) in [7, 11) is 1.93.